The minimum absolute atomic E-state index is 0.0941. The quantitative estimate of drug-likeness (QED) is 0.767. The van der Waals surface area contributed by atoms with Gasteiger partial charge in [-0.15, -0.1) is 10.2 Å². The highest BCUT2D eigenvalue weighted by Crippen LogP contribution is 2.27. The van der Waals surface area contributed by atoms with Gasteiger partial charge in [-0.2, -0.15) is 0 Å². The fraction of sp³-hybridized carbons (Fsp3) is 0.125. The molecular weight excluding hydrogens is 286 g/mol. The summed E-state index contributed by atoms with van der Waals surface area (Å²) in [5, 5.41) is 11.8. The van der Waals surface area contributed by atoms with Crippen molar-refractivity contribution < 1.29 is 4.42 Å². The Labute approximate surface area is 127 Å². The number of anilines is 1. The standard InChI is InChI=1S/C16H14ClN3O/c1-11(14-7-2-3-8-15(14)17)19-13-6-4-5-12(9-13)16-20-18-10-21-16/h2-11,19H,1H3. The van der Waals surface area contributed by atoms with Crippen LogP contribution in [-0.4, -0.2) is 10.2 Å². The van der Waals surface area contributed by atoms with Gasteiger partial charge in [0.05, 0.1) is 0 Å². The molecule has 1 atom stereocenters. The molecule has 0 saturated heterocycles. The second-order valence-corrected chi connectivity index (χ2v) is 5.12. The van der Waals surface area contributed by atoms with Gasteiger partial charge in [0.15, 0.2) is 0 Å². The van der Waals surface area contributed by atoms with Crippen LogP contribution < -0.4 is 5.32 Å². The summed E-state index contributed by atoms with van der Waals surface area (Å²) in [5.41, 5.74) is 2.91. The minimum atomic E-state index is 0.0941. The lowest BCUT2D eigenvalue weighted by atomic mass is 10.1. The Morgan fingerprint density at radius 2 is 2.00 bits per heavy atom. The smallest absolute Gasteiger partial charge is 0.247 e. The van der Waals surface area contributed by atoms with Crippen molar-refractivity contribution in [2.24, 2.45) is 0 Å². The molecule has 21 heavy (non-hydrogen) atoms. The van der Waals surface area contributed by atoms with Crippen LogP contribution in [0.3, 0.4) is 0 Å². The van der Waals surface area contributed by atoms with Crippen LogP contribution in [0.2, 0.25) is 5.02 Å². The van der Waals surface area contributed by atoms with Crippen molar-refractivity contribution in [2.45, 2.75) is 13.0 Å². The SMILES string of the molecule is CC(Nc1cccc(-c2nnco2)c1)c1ccccc1Cl. The third-order valence-electron chi connectivity index (χ3n) is 3.22. The van der Waals surface area contributed by atoms with Gasteiger partial charge in [-0.25, -0.2) is 0 Å². The van der Waals surface area contributed by atoms with Gasteiger partial charge in [0.25, 0.3) is 0 Å². The van der Waals surface area contributed by atoms with Crippen LogP contribution in [0.5, 0.6) is 0 Å². The molecule has 0 spiro atoms. The number of rotatable bonds is 4. The Balaban J connectivity index is 1.82. The largest absolute Gasteiger partial charge is 0.423 e. The number of nitrogens with zero attached hydrogens (tertiary/aromatic N) is 2. The molecule has 0 aliphatic carbocycles. The van der Waals surface area contributed by atoms with E-state index in [1.165, 1.54) is 6.39 Å². The van der Waals surface area contributed by atoms with Gasteiger partial charge in [0.2, 0.25) is 12.3 Å². The average Bonchev–Trinajstić information content (AvgIpc) is 3.02. The Bertz CT molecular complexity index is 728. The van der Waals surface area contributed by atoms with Crippen LogP contribution in [0.4, 0.5) is 5.69 Å². The Morgan fingerprint density at radius 1 is 1.14 bits per heavy atom. The predicted octanol–water partition coefficient (Wildman–Crippen LogP) is 4.56. The maximum absolute atomic E-state index is 6.22. The van der Waals surface area contributed by atoms with Gasteiger partial charge in [-0.05, 0) is 36.8 Å². The van der Waals surface area contributed by atoms with E-state index in [-0.39, 0.29) is 6.04 Å². The zero-order valence-electron chi connectivity index (χ0n) is 11.5. The number of nitrogens with one attached hydrogen (secondary N) is 1. The highest BCUT2D eigenvalue weighted by Gasteiger charge is 2.10. The summed E-state index contributed by atoms with van der Waals surface area (Å²) >= 11 is 6.22. The molecule has 0 aliphatic heterocycles. The summed E-state index contributed by atoms with van der Waals surface area (Å²) in [5.74, 6) is 0.504. The molecular formula is C16H14ClN3O. The van der Waals surface area contributed by atoms with E-state index in [4.69, 9.17) is 16.0 Å². The molecule has 1 heterocycles. The molecule has 0 aliphatic rings. The lowest BCUT2D eigenvalue weighted by molar-refractivity contribution is 0.568. The predicted molar refractivity (Wildman–Crippen MR) is 83.2 cm³/mol. The van der Waals surface area contributed by atoms with Gasteiger partial charge >= 0.3 is 0 Å². The van der Waals surface area contributed by atoms with E-state index in [2.05, 4.69) is 22.4 Å². The van der Waals surface area contributed by atoms with E-state index in [9.17, 15) is 0 Å². The first kappa shape index (κ1) is 13.6. The number of halogens is 1. The summed E-state index contributed by atoms with van der Waals surface area (Å²) in [7, 11) is 0. The van der Waals surface area contributed by atoms with Crippen LogP contribution in [0.1, 0.15) is 18.5 Å². The molecule has 0 amide bonds. The molecule has 2 aromatic carbocycles. The van der Waals surface area contributed by atoms with Crippen molar-refractivity contribution in [3.05, 3.63) is 65.5 Å². The first-order chi connectivity index (χ1) is 10.2. The fourth-order valence-electron chi connectivity index (χ4n) is 2.19. The van der Waals surface area contributed by atoms with E-state index in [1.54, 1.807) is 0 Å². The van der Waals surface area contributed by atoms with Crippen molar-refractivity contribution in [2.75, 3.05) is 5.32 Å². The van der Waals surface area contributed by atoms with Crippen LogP contribution in [0.15, 0.2) is 59.3 Å². The third kappa shape index (κ3) is 3.06. The topological polar surface area (TPSA) is 51.0 Å². The van der Waals surface area contributed by atoms with E-state index in [0.29, 0.717) is 5.89 Å². The summed E-state index contributed by atoms with van der Waals surface area (Å²) in [6.07, 6.45) is 1.32. The zero-order valence-corrected chi connectivity index (χ0v) is 12.2. The Kier molecular flexibility index (Phi) is 3.88. The molecule has 3 aromatic rings. The van der Waals surface area contributed by atoms with Crippen molar-refractivity contribution in [3.8, 4) is 11.5 Å². The first-order valence-electron chi connectivity index (χ1n) is 6.61. The highest BCUT2D eigenvalue weighted by molar-refractivity contribution is 6.31. The second kappa shape index (κ2) is 5.97. The lowest BCUT2D eigenvalue weighted by Gasteiger charge is -2.17. The number of aromatic nitrogens is 2. The highest BCUT2D eigenvalue weighted by atomic mass is 35.5. The third-order valence-corrected chi connectivity index (χ3v) is 3.57. The summed E-state index contributed by atoms with van der Waals surface area (Å²) in [6, 6.07) is 15.7. The number of hydrogen-bond donors (Lipinski definition) is 1. The van der Waals surface area contributed by atoms with Gasteiger partial charge in [-0.3, -0.25) is 0 Å². The maximum atomic E-state index is 6.22. The summed E-state index contributed by atoms with van der Waals surface area (Å²) < 4.78 is 5.21. The van der Waals surface area contributed by atoms with Gasteiger partial charge < -0.3 is 9.73 Å². The van der Waals surface area contributed by atoms with Crippen molar-refractivity contribution in [1.82, 2.24) is 10.2 Å². The second-order valence-electron chi connectivity index (χ2n) is 4.71. The van der Waals surface area contributed by atoms with Gasteiger partial charge in [0.1, 0.15) is 0 Å². The van der Waals surface area contributed by atoms with Crippen molar-refractivity contribution >= 4 is 17.3 Å². The van der Waals surface area contributed by atoms with Crippen molar-refractivity contribution in [3.63, 3.8) is 0 Å². The fourth-order valence-corrected chi connectivity index (χ4v) is 2.49. The average molecular weight is 300 g/mol. The normalized spacial score (nSPS) is 12.1. The molecule has 5 heteroatoms. The molecule has 1 N–H and O–H groups in total. The molecule has 0 bridgehead atoms. The molecule has 3 rings (SSSR count). The molecule has 106 valence electrons. The molecule has 0 saturated carbocycles. The van der Waals surface area contributed by atoms with Crippen LogP contribution in [0.25, 0.3) is 11.5 Å². The van der Waals surface area contributed by atoms with Crippen LogP contribution >= 0.6 is 11.6 Å². The number of benzene rings is 2. The van der Waals surface area contributed by atoms with E-state index in [0.717, 1.165) is 21.8 Å². The van der Waals surface area contributed by atoms with Gasteiger partial charge in [-0.1, -0.05) is 35.9 Å². The van der Waals surface area contributed by atoms with E-state index >= 15 is 0 Å². The van der Waals surface area contributed by atoms with Gasteiger partial charge in [0, 0.05) is 22.3 Å². The Hall–Kier alpha value is -2.33. The summed E-state index contributed by atoms with van der Waals surface area (Å²) in [6.45, 7) is 2.07. The zero-order chi connectivity index (χ0) is 14.7. The Morgan fingerprint density at radius 3 is 2.76 bits per heavy atom. The molecule has 4 nitrogen and oxygen atoms in total. The van der Waals surface area contributed by atoms with E-state index < -0.39 is 0 Å². The lowest BCUT2D eigenvalue weighted by Crippen LogP contribution is -2.07. The van der Waals surface area contributed by atoms with Crippen LogP contribution in [-0.2, 0) is 0 Å². The molecule has 1 aromatic heterocycles. The van der Waals surface area contributed by atoms with Crippen molar-refractivity contribution in [1.29, 1.82) is 0 Å². The molecule has 0 fully saturated rings. The molecule has 0 radical (unpaired) electrons. The minimum Gasteiger partial charge on any atom is -0.423 e. The van der Waals surface area contributed by atoms with E-state index in [1.807, 2.05) is 48.5 Å². The number of hydrogen-bond acceptors (Lipinski definition) is 4. The molecule has 1 unspecified atom stereocenters. The summed E-state index contributed by atoms with van der Waals surface area (Å²) in [4.78, 5) is 0. The van der Waals surface area contributed by atoms with Crippen LogP contribution in [0, 0.1) is 0 Å². The maximum Gasteiger partial charge on any atom is 0.247 e. The first-order valence-corrected chi connectivity index (χ1v) is 6.99. The monoisotopic (exact) mass is 299 g/mol.